The lowest BCUT2D eigenvalue weighted by molar-refractivity contribution is 0.225. The summed E-state index contributed by atoms with van der Waals surface area (Å²) in [4.78, 5) is 2.25. The SMILES string of the molecule is CCN(CCCO)Cc1nnc(NC)s1. The minimum atomic E-state index is 0.244. The van der Waals surface area contributed by atoms with Gasteiger partial charge in [-0.05, 0) is 13.0 Å². The standard InChI is InChI=1S/C9H18N4OS/c1-3-13(5-4-6-14)7-8-11-12-9(10-2)15-8/h14H,3-7H2,1-2H3,(H,10,12). The second kappa shape index (κ2) is 6.71. The summed E-state index contributed by atoms with van der Waals surface area (Å²) in [5.74, 6) is 0. The van der Waals surface area contributed by atoms with Crippen molar-refractivity contribution in [3.63, 3.8) is 0 Å². The molecule has 0 aliphatic heterocycles. The summed E-state index contributed by atoms with van der Waals surface area (Å²) in [5, 5.41) is 21.7. The van der Waals surface area contributed by atoms with Crippen molar-refractivity contribution < 1.29 is 5.11 Å². The van der Waals surface area contributed by atoms with Crippen molar-refractivity contribution in [3.8, 4) is 0 Å². The zero-order chi connectivity index (χ0) is 11.1. The number of aliphatic hydroxyl groups is 1. The van der Waals surface area contributed by atoms with E-state index in [4.69, 9.17) is 5.11 Å². The number of nitrogens with one attached hydrogen (secondary N) is 1. The molecule has 0 atom stereocenters. The lowest BCUT2D eigenvalue weighted by atomic mass is 10.4. The lowest BCUT2D eigenvalue weighted by Gasteiger charge is -2.17. The first-order chi connectivity index (χ1) is 7.30. The van der Waals surface area contributed by atoms with Gasteiger partial charge < -0.3 is 10.4 Å². The quantitative estimate of drug-likeness (QED) is 0.725. The van der Waals surface area contributed by atoms with E-state index in [9.17, 15) is 0 Å². The Balaban J connectivity index is 2.43. The molecule has 1 heterocycles. The number of anilines is 1. The Hall–Kier alpha value is -0.720. The molecule has 0 bridgehead atoms. The second-order valence-electron chi connectivity index (χ2n) is 3.20. The Labute approximate surface area is 94.1 Å². The van der Waals surface area contributed by atoms with E-state index in [1.165, 1.54) is 0 Å². The Kier molecular flexibility index (Phi) is 5.52. The number of aromatic nitrogens is 2. The van der Waals surface area contributed by atoms with E-state index in [-0.39, 0.29) is 6.61 Å². The van der Waals surface area contributed by atoms with Gasteiger partial charge in [0.15, 0.2) is 0 Å². The van der Waals surface area contributed by atoms with Crippen molar-refractivity contribution in [2.75, 3.05) is 32.1 Å². The summed E-state index contributed by atoms with van der Waals surface area (Å²) in [5.41, 5.74) is 0. The van der Waals surface area contributed by atoms with Gasteiger partial charge in [0.25, 0.3) is 0 Å². The van der Waals surface area contributed by atoms with Crippen LogP contribution in [0.2, 0.25) is 0 Å². The Bertz CT molecular complexity index is 279. The highest BCUT2D eigenvalue weighted by molar-refractivity contribution is 7.15. The third-order valence-electron chi connectivity index (χ3n) is 2.12. The Morgan fingerprint density at radius 1 is 1.47 bits per heavy atom. The summed E-state index contributed by atoms with van der Waals surface area (Å²) in [6.45, 7) is 5.04. The molecule has 0 aliphatic rings. The average Bonchev–Trinajstić information content (AvgIpc) is 2.71. The fraction of sp³-hybridized carbons (Fsp3) is 0.778. The summed E-state index contributed by atoms with van der Waals surface area (Å²) in [7, 11) is 1.84. The van der Waals surface area contributed by atoms with Gasteiger partial charge in [0.2, 0.25) is 5.13 Å². The number of rotatable bonds is 7. The van der Waals surface area contributed by atoms with Crippen LogP contribution in [0.5, 0.6) is 0 Å². The van der Waals surface area contributed by atoms with Crippen LogP contribution in [0.25, 0.3) is 0 Å². The first-order valence-electron chi connectivity index (χ1n) is 5.13. The maximum atomic E-state index is 8.76. The first kappa shape index (κ1) is 12.4. The van der Waals surface area contributed by atoms with Crippen molar-refractivity contribution in [2.45, 2.75) is 19.9 Å². The van der Waals surface area contributed by atoms with E-state index in [1.54, 1.807) is 11.3 Å². The van der Waals surface area contributed by atoms with Crippen molar-refractivity contribution in [3.05, 3.63) is 5.01 Å². The van der Waals surface area contributed by atoms with Gasteiger partial charge in [0.05, 0.1) is 6.54 Å². The molecule has 1 rings (SSSR count). The maximum absolute atomic E-state index is 8.76. The van der Waals surface area contributed by atoms with Crippen LogP contribution in [0.1, 0.15) is 18.4 Å². The third kappa shape index (κ3) is 4.11. The molecule has 86 valence electrons. The average molecular weight is 230 g/mol. The van der Waals surface area contributed by atoms with E-state index in [0.717, 1.165) is 36.2 Å². The van der Waals surface area contributed by atoms with Gasteiger partial charge in [-0.15, -0.1) is 10.2 Å². The first-order valence-corrected chi connectivity index (χ1v) is 5.95. The van der Waals surface area contributed by atoms with Gasteiger partial charge >= 0.3 is 0 Å². The van der Waals surface area contributed by atoms with Crippen LogP contribution in [0.3, 0.4) is 0 Å². The van der Waals surface area contributed by atoms with E-state index in [0.29, 0.717) is 0 Å². The fourth-order valence-corrected chi connectivity index (χ4v) is 1.99. The molecular formula is C9H18N4OS. The van der Waals surface area contributed by atoms with Crippen molar-refractivity contribution in [1.29, 1.82) is 0 Å². The monoisotopic (exact) mass is 230 g/mol. The number of nitrogens with zero attached hydrogens (tertiary/aromatic N) is 3. The largest absolute Gasteiger partial charge is 0.396 e. The zero-order valence-corrected chi connectivity index (χ0v) is 10.0. The van der Waals surface area contributed by atoms with E-state index < -0.39 is 0 Å². The summed E-state index contributed by atoms with van der Waals surface area (Å²) < 4.78 is 0. The van der Waals surface area contributed by atoms with Crippen LogP contribution in [0.15, 0.2) is 0 Å². The molecule has 0 aliphatic carbocycles. The molecule has 0 saturated heterocycles. The molecule has 0 fully saturated rings. The molecule has 1 aromatic rings. The molecule has 15 heavy (non-hydrogen) atoms. The summed E-state index contributed by atoms with van der Waals surface area (Å²) in [6.07, 6.45) is 0.811. The van der Waals surface area contributed by atoms with Gasteiger partial charge in [-0.1, -0.05) is 18.3 Å². The molecule has 6 heteroatoms. The lowest BCUT2D eigenvalue weighted by Crippen LogP contribution is -2.24. The van der Waals surface area contributed by atoms with Crippen LogP contribution in [-0.2, 0) is 6.54 Å². The molecule has 5 nitrogen and oxygen atoms in total. The molecular weight excluding hydrogens is 212 g/mol. The normalized spacial score (nSPS) is 10.9. The predicted octanol–water partition coefficient (Wildman–Crippen LogP) is 0.784. The van der Waals surface area contributed by atoms with Gasteiger partial charge in [-0.3, -0.25) is 4.90 Å². The van der Waals surface area contributed by atoms with E-state index in [1.807, 2.05) is 7.05 Å². The summed E-state index contributed by atoms with van der Waals surface area (Å²) >= 11 is 1.57. The minimum Gasteiger partial charge on any atom is -0.396 e. The van der Waals surface area contributed by atoms with Crippen LogP contribution >= 0.6 is 11.3 Å². The topological polar surface area (TPSA) is 61.3 Å². The highest BCUT2D eigenvalue weighted by Crippen LogP contribution is 2.15. The van der Waals surface area contributed by atoms with Gasteiger partial charge in [-0.2, -0.15) is 0 Å². The smallest absolute Gasteiger partial charge is 0.205 e. The predicted molar refractivity (Wildman–Crippen MR) is 62.1 cm³/mol. The van der Waals surface area contributed by atoms with Gasteiger partial charge in [0.1, 0.15) is 5.01 Å². The van der Waals surface area contributed by atoms with Crippen LogP contribution in [0.4, 0.5) is 5.13 Å². The highest BCUT2D eigenvalue weighted by Gasteiger charge is 2.07. The fourth-order valence-electron chi connectivity index (χ4n) is 1.25. The van der Waals surface area contributed by atoms with Crippen molar-refractivity contribution in [1.82, 2.24) is 15.1 Å². The third-order valence-corrected chi connectivity index (χ3v) is 3.04. The van der Waals surface area contributed by atoms with Crippen molar-refractivity contribution in [2.24, 2.45) is 0 Å². The van der Waals surface area contributed by atoms with E-state index >= 15 is 0 Å². The number of aliphatic hydroxyl groups excluding tert-OH is 1. The number of hydrogen-bond acceptors (Lipinski definition) is 6. The Morgan fingerprint density at radius 3 is 2.80 bits per heavy atom. The van der Waals surface area contributed by atoms with E-state index in [2.05, 4.69) is 27.3 Å². The summed E-state index contributed by atoms with van der Waals surface area (Å²) in [6, 6.07) is 0. The maximum Gasteiger partial charge on any atom is 0.205 e. The molecule has 0 spiro atoms. The second-order valence-corrected chi connectivity index (χ2v) is 4.26. The molecule has 0 radical (unpaired) electrons. The van der Waals surface area contributed by atoms with Gasteiger partial charge in [-0.25, -0.2) is 0 Å². The molecule has 2 N–H and O–H groups in total. The molecule has 0 aromatic carbocycles. The number of hydrogen-bond donors (Lipinski definition) is 2. The molecule has 0 amide bonds. The molecule has 0 saturated carbocycles. The zero-order valence-electron chi connectivity index (χ0n) is 9.23. The van der Waals surface area contributed by atoms with Crippen LogP contribution < -0.4 is 5.32 Å². The minimum absolute atomic E-state index is 0.244. The van der Waals surface area contributed by atoms with Crippen LogP contribution in [-0.4, -0.2) is 46.9 Å². The van der Waals surface area contributed by atoms with Gasteiger partial charge in [0, 0.05) is 20.2 Å². The highest BCUT2D eigenvalue weighted by atomic mass is 32.1. The Morgan fingerprint density at radius 2 is 2.27 bits per heavy atom. The molecule has 1 aromatic heterocycles. The van der Waals surface area contributed by atoms with Crippen LogP contribution in [0, 0.1) is 0 Å². The van der Waals surface area contributed by atoms with Crippen molar-refractivity contribution >= 4 is 16.5 Å². The molecule has 0 unspecified atom stereocenters.